The number of carbonyl (C=O) groups excluding carboxylic acids is 2. The first-order chi connectivity index (χ1) is 17.0. The lowest BCUT2D eigenvalue weighted by molar-refractivity contribution is -0.140. The van der Waals surface area contributed by atoms with Crippen LogP contribution in [0.3, 0.4) is 0 Å². The summed E-state index contributed by atoms with van der Waals surface area (Å²) < 4.78 is 11.1. The lowest BCUT2D eigenvalue weighted by Crippen LogP contribution is -2.29. The first-order valence-corrected chi connectivity index (χ1v) is 11.4. The van der Waals surface area contributed by atoms with Gasteiger partial charge in [0.15, 0.2) is 0 Å². The zero-order valence-electron chi connectivity index (χ0n) is 19.5. The minimum absolute atomic E-state index is 0.0411. The van der Waals surface area contributed by atoms with E-state index < -0.39 is 17.7 Å². The zero-order valence-corrected chi connectivity index (χ0v) is 19.5. The Balaban J connectivity index is 1.81. The second kappa shape index (κ2) is 10.7. The van der Waals surface area contributed by atoms with Gasteiger partial charge >= 0.3 is 0 Å². The van der Waals surface area contributed by atoms with Gasteiger partial charge in [-0.1, -0.05) is 67.3 Å². The monoisotopic (exact) mass is 469 g/mol. The average Bonchev–Trinajstić information content (AvgIpc) is 3.13. The molecular formula is C29H27NO5. The van der Waals surface area contributed by atoms with E-state index in [1.807, 2.05) is 37.3 Å². The van der Waals surface area contributed by atoms with E-state index in [9.17, 15) is 14.7 Å². The summed E-state index contributed by atoms with van der Waals surface area (Å²) in [6.45, 7) is 6.56. The Morgan fingerprint density at radius 1 is 0.971 bits per heavy atom. The van der Waals surface area contributed by atoms with Gasteiger partial charge in [0.05, 0.1) is 18.2 Å². The average molecular weight is 470 g/mol. The number of Topliss-reactive ketones (excluding diaryl/α,β-unsaturated/α-hetero) is 1. The molecule has 1 aliphatic heterocycles. The molecule has 178 valence electrons. The quantitative estimate of drug-likeness (QED) is 0.200. The molecule has 0 spiro atoms. The summed E-state index contributed by atoms with van der Waals surface area (Å²) >= 11 is 0. The Kier molecular flexibility index (Phi) is 7.31. The van der Waals surface area contributed by atoms with Gasteiger partial charge < -0.3 is 19.5 Å². The highest BCUT2D eigenvalue weighted by atomic mass is 16.5. The van der Waals surface area contributed by atoms with Gasteiger partial charge in [-0.25, -0.2) is 0 Å². The SMILES string of the molecule is C=CCOc1ccc(C2/C(=C(\O)c3cccc(OCC)c3)C(=O)C(=O)N2Cc2ccccc2)cc1. The van der Waals surface area contributed by atoms with Crippen LogP contribution in [0, 0.1) is 0 Å². The normalized spacial score (nSPS) is 16.8. The van der Waals surface area contributed by atoms with Crippen LogP contribution in [0.5, 0.6) is 11.5 Å². The molecule has 0 aliphatic carbocycles. The Morgan fingerprint density at radius 3 is 2.40 bits per heavy atom. The van der Waals surface area contributed by atoms with Crippen molar-refractivity contribution >= 4 is 17.4 Å². The van der Waals surface area contributed by atoms with Crippen molar-refractivity contribution in [2.75, 3.05) is 13.2 Å². The number of carbonyl (C=O) groups is 2. The first kappa shape index (κ1) is 23.8. The van der Waals surface area contributed by atoms with E-state index in [1.54, 1.807) is 54.6 Å². The molecule has 3 aromatic rings. The van der Waals surface area contributed by atoms with Gasteiger partial charge in [0.2, 0.25) is 0 Å². The summed E-state index contributed by atoms with van der Waals surface area (Å²) in [7, 11) is 0. The summed E-state index contributed by atoms with van der Waals surface area (Å²) in [6, 6.07) is 22.7. The van der Waals surface area contributed by atoms with Gasteiger partial charge in [0, 0.05) is 12.1 Å². The number of ketones is 1. The van der Waals surface area contributed by atoms with Crippen molar-refractivity contribution in [3.63, 3.8) is 0 Å². The van der Waals surface area contributed by atoms with Crippen LogP contribution in [0.1, 0.15) is 29.7 Å². The summed E-state index contributed by atoms with van der Waals surface area (Å²) in [5.74, 6) is -0.420. The van der Waals surface area contributed by atoms with E-state index in [0.717, 1.165) is 5.56 Å². The predicted molar refractivity (Wildman–Crippen MR) is 134 cm³/mol. The second-order valence-corrected chi connectivity index (χ2v) is 8.04. The van der Waals surface area contributed by atoms with Crippen molar-refractivity contribution in [2.45, 2.75) is 19.5 Å². The maximum Gasteiger partial charge on any atom is 0.295 e. The number of ether oxygens (including phenoxy) is 2. The number of benzene rings is 3. The fraction of sp³-hybridized carbons (Fsp3) is 0.172. The van der Waals surface area contributed by atoms with Crippen molar-refractivity contribution in [1.29, 1.82) is 0 Å². The third kappa shape index (κ3) is 5.11. The second-order valence-electron chi connectivity index (χ2n) is 8.04. The van der Waals surface area contributed by atoms with Crippen molar-refractivity contribution < 1.29 is 24.2 Å². The molecule has 6 nitrogen and oxygen atoms in total. The lowest BCUT2D eigenvalue weighted by atomic mass is 9.95. The standard InChI is InChI=1S/C29H27NO5/c1-3-17-35-23-15-13-21(14-16-23)26-25(27(31)22-11-8-12-24(18-22)34-4-2)28(32)29(33)30(26)19-20-9-6-5-7-10-20/h3,5-16,18,26,31H,1,4,17,19H2,2H3/b27-25+. The molecule has 1 fully saturated rings. The Hall–Kier alpha value is -4.32. The number of amides is 1. The summed E-state index contributed by atoms with van der Waals surface area (Å²) in [5, 5.41) is 11.3. The fourth-order valence-corrected chi connectivity index (χ4v) is 4.13. The smallest absolute Gasteiger partial charge is 0.295 e. The highest BCUT2D eigenvalue weighted by Crippen LogP contribution is 2.41. The van der Waals surface area contributed by atoms with Gasteiger partial charge in [-0.3, -0.25) is 9.59 Å². The molecule has 35 heavy (non-hydrogen) atoms. The minimum Gasteiger partial charge on any atom is -0.507 e. The van der Waals surface area contributed by atoms with Crippen molar-refractivity contribution in [1.82, 2.24) is 4.90 Å². The van der Waals surface area contributed by atoms with E-state index in [4.69, 9.17) is 9.47 Å². The molecule has 3 aromatic carbocycles. The molecule has 1 amide bonds. The summed E-state index contributed by atoms with van der Waals surface area (Å²) in [4.78, 5) is 27.9. The Bertz CT molecular complexity index is 1250. The van der Waals surface area contributed by atoms with Gasteiger partial charge in [0.25, 0.3) is 11.7 Å². The number of hydrogen-bond donors (Lipinski definition) is 1. The summed E-state index contributed by atoms with van der Waals surface area (Å²) in [6.07, 6.45) is 1.65. The van der Waals surface area contributed by atoms with E-state index in [1.165, 1.54) is 4.90 Å². The number of aliphatic hydroxyl groups is 1. The highest BCUT2D eigenvalue weighted by molar-refractivity contribution is 6.46. The number of rotatable bonds is 9. The molecular weight excluding hydrogens is 442 g/mol. The molecule has 1 atom stereocenters. The van der Waals surface area contributed by atoms with Crippen LogP contribution in [0.4, 0.5) is 0 Å². The van der Waals surface area contributed by atoms with E-state index in [-0.39, 0.29) is 17.9 Å². The minimum atomic E-state index is -0.764. The van der Waals surface area contributed by atoms with Crippen LogP contribution in [-0.4, -0.2) is 34.9 Å². The molecule has 6 heteroatoms. The van der Waals surface area contributed by atoms with E-state index >= 15 is 0 Å². The number of hydrogen-bond acceptors (Lipinski definition) is 5. The van der Waals surface area contributed by atoms with Crippen LogP contribution in [0.15, 0.2) is 97.1 Å². The number of nitrogens with zero attached hydrogens (tertiary/aromatic N) is 1. The van der Waals surface area contributed by atoms with Gasteiger partial charge in [0.1, 0.15) is 23.9 Å². The molecule has 0 aromatic heterocycles. The molecule has 4 rings (SSSR count). The predicted octanol–water partition coefficient (Wildman–Crippen LogP) is 5.27. The zero-order chi connectivity index (χ0) is 24.8. The number of likely N-dealkylation sites (tertiary alicyclic amines) is 1. The van der Waals surface area contributed by atoms with Crippen LogP contribution in [-0.2, 0) is 16.1 Å². The first-order valence-electron chi connectivity index (χ1n) is 11.4. The maximum absolute atomic E-state index is 13.2. The molecule has 1 N–H and O–H groups in total. The molecule has 1 saturated heterocycles. The largest absolute Gasteiger partial charge is 0.507 e. The molecule has 0 bridgehead atoms. The third-order valence-corrected chi connectivity index (χ3v) is 5.72. The lowest BCUT2D eigenvalue weighted by Gasteiger charge is -2.25. The van der Waals surface area contributed by atoms with Crippen LogP contribution in [0.25, 0.3) is 5.76 Å². The molecule has 0 saturated carbocycles. The Labute approximate surface area is 204 Å². The third-order valence-electron chi connectivity index (χ3n) is 5.72. The van der Waals surface area contributed by atoms with Crippen LogP contribution >= 0.6 is 0 Å². The van der Waals surface area contributed by atoms with Crippen LogP contribution < -0.4 is 9.47 Å². The molecule has 0 radical (unpaired) electrons. The topological polar surface area (TPSA) is 76.1 Å². The van der Waals surface area contributed by atoms with Gasteiger partial charge in [-0.05, 0) is 42.3 Å². The maximum atomic E-state index is 13.2. The molecule has 1 heterocycles. The molecule has 1 aliphatic rings. The molecule has 1 unspecified atom stereocenters. The van der Waals surface area contributed by atoms with Gasteiger partial charge in [-0.15, -0.1) is 0 Å². The highest BCUT2D eigenvalue weighted by Gasteiger charge is 2.46. The van der Waals surface area contributed by atoms with Crippen molar-refractivity contribution in [2.24, 2.45) is 0 Å². The Morgan fingerprint density at radius 2 is 1.71 bits per heavy atom. The van der Waals surface area contributed by atoms with Crippen molar-refractivity contribution in [3.8, 4) is 11.5 Å². The van der Waals surface area contributed by atoms with Gasteiger partial charge in [-0.2, -0.15) is 0 Å². The van der Waals surface area contributed by atoms with E-state index in [0.29, 0.717) is 35.8 Å². The van der Waals surface area contributed by atoms with E-state index in [2.05, 4.69) is 6.58 Å². The summed E-state index contributed by atoms with van der Waals surface area (Å²) in [5.41, 5.74) is 2.02. The van der Waals surface area contributed by atoms with Crippen LogP contribution in [0.2, 0.25) is 0 Å². The fourth-order valence-electron chi connectivity index (χ4n) is 4.13. The number of aliphatic hydroxyl groups excluding tert-OH is 1. The van der Waals surface area contributed by atoms with Crippen molar-refractivity contribution in [3.05, 3.63) is 114 Å².